The van der Waals surface area contributed by atoms with Gasteiger partial charge in [0.1, 0.15) is 0 Å². The molecule has 1 amide bonds. The van der Waals surface area contributed by atoms with Crippen LogP contribution >= 0.6 is 0 Å². The zero-order valence-electron chi connectivity index (χ0n) is 14.8. The van der Waals surface area contributed by atoms with Crippen LogP contribution in [0.5, 0.6) is 0 Å². The smallest absolute Gasteiger partial charge is 0.297 e. The first-order valence-electron chi connectivity index (χ1n) is 7.95. The summed E-state index contributed by atoms with van der Waals surface area (Å²) >= 11 is 0. The van der Waals surface area contributed by atoms with E-state index in [9.17, 15) is 13.2 Å². The van der Waals surface area contributed by atoms with Crippen molar-refractivity contribution in [2.24, 2.45) is 5.41 Å². The molecule has 5 nitrogen and oxygen atoms in total. The number of benzene rings is 2. The molecule has 2 aromatic rings. The first-order chi connectivity index (χ1) is 11.6. The van der Waals surface area contributed by atoms with Crippen LogP contribution in [-0.2, 0) is 19.1 Å². The Bertz CT molecular complexity index is 822. The molecule has 0 aliphatic heterocycles. The molecule has 2 rings (SSSR count). The second-order valence-corrected chi connectivity index (χ2v) is 8.54. The quantitative estimate of drug-likeness (QED) is 0.823. The Hall–Kier alpha value is -2.18. The zero-order chi connectivity index (χ0) is 18.7. The zero-order valence-corrected chi connectivity index (χ0v) is 15.6. The van der Waals surface area contributed by atoms with Gasteiger partial charge in [-0.25, -0.2) is 0 Å². The van der Waals surface area contributed by atoms with Crippen molar-refractivity contribution < 1.29 is 17.4 Å². The summed E-state index contributed by atoms with van der Waals surface area (Å²) in [5.74, 6) is -0.505. The van der Waals surface area contributed by atoms with E-state index in [0.29, 0.717) is 5.69 Å². The number of nitrogens with one attached hydrogen (secondary N) is 1. The van der Waals surface area contributed by atoms with Crippen molar-refractivity contribution in [1.29, 1.82) is 0 Å². The number of rotatable bonds is 5. The number of anilines is 1. The number of carbonyl (C=O) groups excluding carboxylic acids is 1. The molecule has 0 radical (unpaired) electrons. The molecule has 0 bridgehead atoms. The summed E-state index contributed by atoms with van der Waals surface area (Å²) in [6.07, 6.45) is -1.17. The number of amides is 1. The van der Waals surface area contributed by atoms with Gasteiger partial charge in [0.05, 0.1) is 4.90 Å². The van der Waals surface area contributed by atoms with Crippen molar-refractivity contribution in [2.75, 3.05) is 5.32 Å². The highest BCUT2D eigenvalue weighted by Gasteiger charge is 2.37. The molecule has 0 spiro atoms. The van der Waals surface area contributed by atoms with Crippen LogP contribution < -0.4 is 5.32 Å². The lowest BCUT2D eigenvalue weighted by atomic mass is 9.88. The van der Waals surface area contributed by atoms with Gasteiger partial charge in [0.25, 0.3) is 16.0 Å². The number of para-hydroxylation sites is 1. The highest BCUT2D eigenvalue weighted by Crippen LogP contribution is 2.27. The molecule has 25 heavy (non-hydrogen) atoms. The fourth-order valence-electron chi connectivity index (χ4n) is 2.20. The molecule has 0 aliphatic carbocycles. The Balaban J connectivity index is 2.26. The van der Waals surface area contributed by atoms with Gasteiger partial charge in [0, 0.05) is 5.69 Å². The summed E-state index contributed by atoms with van der Waals surface area (Å²) < 4.78 is 30.4. The Labute approximate surface area is 149 Å². The lowest BCUT2D eigenvalue weighted by molar-refractivity contribution is -0.126. The third-order valence-corrected chi connectivity index (χ3v) is 4.89. The van der Waals surface area contributed by atoms with Crippen LogP contribution in [-0.4, -0.2) is 20.4 Å². The molecule has 0 aliphatic rings. The van der Waals surface area contributed by atoms with Gasteiger partial charge in [0.2, 0.25) is 0 Å². The fraction of sp³-hybridized carbons (Fsp3) is 0.316. The number of aryl methyl sites for hydroxylation is 1. The van der Waals surface area contributed by atoms with Crippen molar-refractivity contribution in [3.63, 3.8) is 0 Å². The van der Waals surface area contributed by atoms with Crippen molar-refractivity contribution >= 4 is 21.7 Å². The lowest BCUT2D eigenvalue weighted by Gasteiger charge is -2.28. The van der Waals surface area contributed by atoms with Crippen LogP contribution in [0.15, 0.2) is 59.5 Å². The first-order valence-corrected chi connectivity index (χ1v) is 9.36. The standard InChI is InChI=1S/C19H23NO4S/c1-14-10-12-16(13-11-14)25(22,23)24-17(19(2,3)4)18(21)20-15-8-6-5-7-9-15/h5-13,17H,1-4H3,(H,20,21)/t17-/m1/s1. The molecule has 1 atom stereocenters. The van der Waals surface area contributed by atoms with Gasteiger partial charge in [-0.2, -0.15) is 8.42 Å². The highest BCUT2D eigenvalue weighted by atomic mass is 32.2. The van der Waals surface area contributed by atoms with Gasteiger partial charge >= 0.3 is 0 Å². The molecule has 0 saturated heterocycles. The fourth-order valence-corrected chi connectivity index (χ4v) is 3.41. The SMILES string of the molecule is Cc1ccc(S(=O)(=O)O[C@H](C(=O)Nc2ccccc2)C(C)(C)C)cc1. The third kappa shape index (κ3) is 5.14. The summed E-state index contributed by atoms with van der Waals surface area (Å²) in [5.41, 5.74) is 0.808. The summed E-state index contributed by atoms with van der Waals surface area (Å²) in [5, 5.41) is 2.70. The predicted octanol–water partition coefficient (Wildman–Crippen LogP) is 3.75. The molecule has 134 valence electrons. The van der Waals surface area contributed by atoms with E-state index in [1.807, 2.05) is 13.0 Å². The van der Waals surface area contributed by atoms with E-state index in [2.05, 4.69) is 5.32 Å². The molecule has 0 fully saturated rings. The summed E-state index contributed by atoms with van der Waals surface area (Å²) in [6, 6.07) is 15.2. The monoisotopic (exact) mass is 361 g/mol. The van der Waals surface area contributed by atoms with Crippen LogP contribution in [0.1, 0.15) is 26.3 Å². The van der Waals surface area contributed by atoms with E-state index in [-0.39, 0.29) is 4.90 Å². The predicted molar refractivity (Wildman–Crippen MR) is 97.8 cm³/mol. The van der Waals surface area contributed by atoms with E-state index in [1.54, 1.807) is 57.2 Å². The van der Waals surface area contributed by atoms with Gasteiger partial charge in [-0.3, -0.25) is 8.98 Å². The van der Waals surface area contributed by atoms with Crippen LogP contribution in [0.4, 0.5) is 5.69 Å². The minimum absolute atomic E-state index is 0.0276. The van der Waals surface area contributed by atoms with Crippen molar-refractivity contribution in [3.05, 3.63) is 60.2 Å². The van der Waals surface area contributed by atoms with E-state index < -0.39 is 27.5 Å². The Morgan fingerprint density at radius 3 is 2.08 bits per heavy atom. The molecule has 6 heteroatoms. The Morgan fingerprint density at radius 1 is 1.00 bits per heavy atom. The Kier molecular flexibility index (Phi) is 5.65. The van der Waals surface area contributed by atoms with Gasteiger partial charge < -0.3 is 5.32 Å². The van der Waals surface area contributed by atoms with Crippen molar-refractivity contribution in [1.82, 2.24) is 0 Å². The number of hydrogen-bond acceptors (Lipinski definition) is 4. The molecule has 2 aromatic carbocycles. The molecule has 0 aromatic heterocycles. The van der Waals surface area contributed by atoms with E-state index >= 15 is 0 Å². The second-order valence-electron chi connectivity index (χ2n) is 6.96. The van der Waals surface area contributed by atoms with Crippen LogP contribution in [0.2, 0.25) is 0 Å². The van der Waals surface area contributed by atoms with Crippen molar-refractivity contribution in [2.45, 2.75) is 38.7 Å². The Morgan fingerprint density at radius 2 is 1.56 bits per heavy atom. The maximum Gasteiger partial charge on any atom is 0.297 e. The van der Waals surface area contributed by atoms with Crippen molar-refractivity contribution in [3.8, 4) is 0 Å². The lowest BCUT2D eigenvalue weighted by Crippen LogP contribution is -2.42. The van der Waals surface area contributed by atoms with E-state index in [1.165, 1.54) is 12.1 Å². The highest BCUT2D eigenvalue weighted by molar-refractivity contribution is 7.86. The van der Waals surface area contributed by atoms with E-state index in [4.69, 9.17) is 4.18 Å². The molecule has 0 saturated carbocycles. The van der Waals surface area contributed by atoms with Gasteiger partial charge in [0.15, 0.2) is 6.10 Å². The minimum Gasteiger partial charge on any atom is -0.324 e. The maximum atomic E-state index is 12.6. The minimum atomic E-state index is -4.06. The average molecular weight is 361 g/mol. The van der Waals surface area contributed by atoms with Gasteiger partial charge in [-0.15, -0.1) is 0 Å². The van der Waals surface area contributed by atoms with Gasteiger partial charge in [-0.1, -0.05) is 56.7 Å². The largest absolute Gasteiger partial charge is 0.324 e. The summed E-state index contributed by atoms with van der Waals surface area (Å²) in [7, 11) is -4.06. The molecule has 1 N–H and O–H groups in total. The topological polar surface area (TPSA) is 72.5 Å². The molecular formula is C19H23NO4S. The van der Waals surface area contributed by atoms with Crippen LogP contribution in [0.25, 0.3) is 0 Å². The normalized spacial score (nSPS) is 13.3. The maximum absolute atomic E-state index is 12.6. The van der Waals surface area contributed by atoms with Crippen LogP contribution in [0, 0.1) is 12.3 Å². The molecular weight excluding hydrogens is 338 g/mol. The van der Waals surface area contributed by atoms with Gasteiger partial charge in [-0.05, 0) is 36.6 Å². The average Bonchev–Trinajstić information content (AvgIpc) is 2.53. The second kappa shape index (κ2) is 7.37. The number of hydrogen-bond donors (Lipinski definition) is 1. The number of carbonyl (C=O) groups is 1. The summed E-state index contributed by atoms with van der Waals surface area (Å²) in [4.78, 5) is 12.6. The molecule has 0 heterocycles. The van der Waals surface area contributed by atoms with E-state index in [0.717, 1.165) is 5.56 Å². The first kappa shape index (κ1) is 19.1. The molecule has 0 unspecified atom stereocenters. The third-order valence-electron chi connectivity index (χ3n) is 3.60. The van der Waals surface area contributed by atoms with Crippen LogP contribution in [0.3, 0.4) is 0 Å². The summed E-state index contributed by atoms with van der Waals surface area (Å²) in [6.45, 7) is 7.13.